The zero-order valence-corrected chi connectivity index (χ0v) is 17.7. The number of pyridine rings is 1. The number of nitrogens with one attached hydrogen (secondary N) is 1. The Kier molecular flexibility index (Phi) is 4.46. The van der Waals surface area contributed by atoms with E-state index < -0.39 is 12.0 Å². The van der Waals surface area contributed by atoms with Gasteiger partial charge in [0.15, 0.2) is 4.77 Å². The van der Waals surface area contributed by atoms with Crippen LogP contribution < -0.4 is 5.56 Å². The van der Waals surface area contributed by atoms with E-state index in [2.05, 4.69) is 4.98 Å². The maximum Gasteiger partial charge on any atom is 0.264 e. The molecule has 4 nitrogen and oxygen atoms in total. The van der Waals surface area contributed by atoms with Gasteiger partial charge in [0.1, 0.15) is 5.65 Å². The second kappa shape index (κ2) is 6.69. The van der Waals surface area contributed by atoms with Crippen LogP contribution in [0.1, 0.15) is 82.5 Å². The van der Waals surface area contributed by atoms with E-state index in [4.69, 9.17) is 17.2 Å². The molecule has 1 unspecified atom stereocenters. The van der Waals surface area contributed by atoms with Crippen molar-refractivity contribution < 1.29 is 8.78 Å². The zero-order valence-electron chi connectivity index (χ0n) is 16.9. The van der Waals surface area contributed by atoms with Crippen LogP contribution in [0.5, 0.6) is 0 Å². The van der Waals surface area contributed by atoms with Crippen molar-refractivity contribution in [2.75, 3.05) is 0 Å². The smallest absolute Gasteiger partial charge is 0.264 e. The average Bonchev–Trinajstić information content (AvgIpc) is 2.65. The topological polar surface area (TPSA) is 50.7 Å². The maximum atomic E-state index is 14.1. The van der Waals surface area contributed by atoms with Crippen molar-refractivity contribution in [1.82, 2.24) is 14.5 Å². The van der Waals surface area contributed by atoms with Gasteiger partial charge in [0.25, 0.3) is 12.0 Å². The van der Waals surface area contributed by atoms with Crippen molar-refractivity contribution in [3.05, 3.63) is 32.4 Å². The van der Waals surface area contributed by atoms with Crippen LogP contribution in [0.15, 0.2) is 10.9 Å². The monoisotopic (exact) mass is 419 g/mol. The lowest BCUT2D eigenvalue weighted by molar-refractivity contribution is -0.00723. The molecule has 1 atom stereocenters. The number of rotatable bonds is 4. The lowest BCUT2D eigenvalue weighted by Gasteiger charge is -2.56. The molecule has 0 spiro atoms. The number of hydrogen-bond acceptors (Lipinski definition) is 3. The largest absolute Gasteiger partial charge is 0.300 e. The molecule has 4 aliphatic carbocycles. The fourth-order valence-electron chi connectivity index (χ4n) is 6.73. The minimum atomic E-state index is -2.73. The third kappa shape index (κ3) is 2.91. The van der Waals surface area contributed by atoms with Gasteiger partial charge in [-0.25, -0.2) is 13.8 Å². The molecule has 7 heteroatoms. The number of nitrogens with zero attached hydrogens (tertiary/aromatic N) is 2. The second-order valence-corrected chi connectivity index (χ2v) is 10.1. The standard InChI is InChI=1S/C22H27F2N3OS/c1-3-11(2)27-19-17(20(28)26-21(27)29)15(18(23)24)7-16(25-19)22-8-12-4-13(9-22)6-14(5-12)10-22/h7,11-14,18H,3-6,8-10H2,1-2H3,(H,26,28,29). The highest BCUT2D eigenvalue weighted by atomic mass is 32.1. The first kappa shape index (κ1) is 19.3. The normalized spacial score (nSPS) is 31.7. The van der Waals surface area contributed by atoms with E-state index in [0.717, 1.165) is 31.4 Å². The fraction of sp³-hybridized carbons (Fsp3) is 0.682. The average molecular weight is 420 g/mol. The summed E-state index contributed by atoms with van der Waals surface area (Å²) in [4.78, 5) is 20.2. The molecule has 0 radical (unpaired) electrons. The Hall–Kier alpha value is -1.63. The number of aromatic nitrogens is 3. The highest BCUT2D eigenvalue weighted by molar-refractivity contribution is 7.71. The molecule has 156 valence electrons. The summed E-state index contributed by atoms with van der Waals surface area (Å²) < 4.78 is 30.3. The maximum absolute atomic E-state index is 14.1. The Balaban J connectivity index is 1.80. The first-order chi connectivity index (χ1) is 13.8. The van der Waals surface area contributed by atoms with Crippen molar-refractivity contribution in [1.29, 1.82) is 0 Å². The number of alkyl halides is 2. The summed E-state index contributed by atoms with van der Waals surface area (Å²) in [5.74, 6) is 2.05. The summed E-state index contributed by atoms with van der Waals surface area (Å²) in [6, 6.07) is 1.51. The molecule has 2 aromatic heterocycles. The summed E-state index contributed by atoms with van der Waals surface area (Å²) in [7, 11) is 0. The summed E-state index contributed by atoms with van der Waals surface area (Å²) >= 11 is 5.41. The molecule has 0 saturated heterocycles. The molecular weight excluding hydrogens is 392 g/mol. The first-order valence-corrected chi connectivity index (χ1v) is 11.2. The van der Waals surface area contributed by atoms with E-state index in [1.54, 1.807) is 10.6 Å². The van der Waals surface area contributed by atoms with Crippen molar-refractivity contribution in [2.45, 2.75) is 76.7 Å². The molecule has 29 heavy (non-hydrogen) atoms. The van der Waals surface area contributed by atoms with Crippen LogP contribution in [0.3, 0.4) is 0 Å². The Labute approximate surface area is 173 Å². The highest BCUT2D eigenvalue weighted by Gasteiger charge is 2.52. The number of H-pyrrole nitrogens is 1. The van der Waals surface area contributed by atoms with E-state index in [1.807, 2.05) is 13.8 Å². The highest BCUT2D eigenvalue weighted by Crippen LogP contribution is 2.60. The summed E-state index contributed by atoms with van der Waals surface area (Å²) in [5.41, 5.74) is 0.205. The third-order valence-corrected chi connectivity index (χ3v) is 8.07. The minimum Gasteiger partial charge on any atom is -0.300 e. The fourth-order valence-corrected chi connectivity index (χ4v) is 7.09. The van der Waals surface area contributed by atoms with Gasteiger partial charge >= 0.3 is 0 Å². The molecule has 4 bridgehead atoms. The Morgan fingerprint density at radius 3 is 2.34 bits per heavy atom. The summed E-state index contributed by atoms with van der Waals surface area (Å²) in [6.07, 6.45) is 4.97. The number of aromatic amines is 1. The predicted octanol–water partition coefficient (Wildman–Crippen LogP) is 5.83. The quantitative estimate of drug-likeness (QED) is 0.634. The lowest BCUT2D eigenvalue weighted by Crippen LogP contribution is -2.49. The van der Waals surface area contributed by atoms with Crippen LogP contribution in [0.2, 0.25) is 0 Å². The molecule has 2 heterocycles. The summed E-state index contributed by atoms with van der Waals surface area (Å²) in [6.45, 7) is 4.00. The van der Waals surface area contributed by atoms with Gasteiger partial charge in [-0.15, -0.1) is 0 Å². The minimum absolute atomic E-state index is 0.0117. The van der Waals surface area contributed by atoms with Gasteiger partial charge < -0.3 is 0 Å². The molecule has 4 fully saturated rings. The van der Waals surface area contributed by atoms with Gasteiger partial charge in [-0.1, -0.05) is 6.92 Å². The SMILES string of the molecule is CCC(C)n1c(=S)[nH]c(=O)c2c(C(F)F)cc(C34CC5CC(CC(C5)C3)C4)nc21. The second-order valence-electron chi connectivity index (χ2n) is 9.68. The Bertz CT molecular complexity index is 1050. The van der Waals surface area contributed by atoms with Crippen LogP contribution in [0.4, 0.5) is 8.78 Å². The number of fused-ring (bicyclic) bond motifs is 1. The summed E-state index contributed by atoms with van der Waals surface area (Å²) in [5, 5.41) is -0.0117. The van der Waals surface area contributed by atoms with Gasteiger partial charge in [0, 0.05) is 22.7 Å². The van der Waals surface area contributed by atoms with E-state index in [1.165, 1.54) is 19.3 Å². The van der Waals surface area contributed by atoms with Crippen LogP contribution >= 0.6 is 12.2 Å². The van der Waals surface area contributed by atoms with Crippen molar-refractivity contribution in [3.63, 3.8) is 0 Å². The van der Waals surface area contributed by atoms with Gasteiger partial charge in [-0.3, -0.25) is 14.3 Å². The number of hydrogen-bond donors (Lipinski definition) is 1. The predicted molar refractivity (Wildman–Crippen MR) is 111 cm³/mol. The van der Waals surface area contributed by atoms with Crippen LogP contribution in [0.25, 0.3) is 11.0 Å². The Morgan fingerprint density at radius 1 is 1.24 bits per heavy atom. The van der Waals surface area contributed by atoms with Gasteiger partial charge in [0.05, 0.1) is 5.39 Å². The van der Waals surface area contributed by atoms with E-state index >= 15 is 0 Å². The molecule has 0 aliphatic heterocycles. The van der Waals surface area contributed by atoms with E-state index in [9.17, 15) is 13.6 Å². The van der Waals surface area contributed by atoms with Crippen LogP contribution in [0, 0.1) is 22.5 Å². The van der Waals surface area contributed by atoms with Crippen molar-refractivity contribution in [2.24, 2.45) is 17.8 Å². The lowest BCUT2D eigenvalue weighted by atomic mass is 9.48. The van der Waals surface area contributed by atoms with Crippen LogP contribution in [-0.4, -0.2) is 14.5 Å². The van der Waals surface area contributed by atoms with E-state index in [-0.39, 0.29) is 27.2 Å². The molecule has 4 aliphatic rings. The molecule has 2 aromatic rings. The molecule has 0 aromatic carbocycles. The van der Waals surface area contributed by atoms with Gasteiger partial charge in [-0.05, 0) is 87.9 Å². The molecular formula is C22H27F2N3OS. The van der Waals surface area contributed by atoms with E-state index in [0.29, 0.717) is 23.4 Å². The van der Waals surface area contributed by atoms with Gasteiger partial charge in [0.2, 0.25) is 0 Å². The molecule has 1 N–H and O–H groups in total. The first-order valence-electron chi connectivity index (χ1n) is 10.8. The number of halogens is 2. The van der Waals surface area contributed by atoms with Crippen molar-refractivity contribution in [3.8, 4) is 0 Å². The van der Waals surface area contributed by atoms with Crippen LogP contribution in [-0.2, 0) is 5.41 Å². The van der Waals surface area contributed by atoms with Crippen molar-refractivity contribution >= 4 is 23.3 Å². The zero-order chi connectivity index (χ0) is 20.5. The Morgan fingerprint density at radius 2 is 1.83 bits per heavy atom. The van der Waals surface area contributed by atoms with Gasteiger partial charge in [-0.2, -0.15) is 0 Å². The molecule has 4 saturated carbocycles. The molecule has 6 rings (SSSR count). The molecule has 0 amide bonds. The third-order valence-electron chi connectivity index (χ3n) is 7.77.